The van der Waals surface area contributed by atoms with E-state index in [1.807, 2.05) is 0 Å². The largest absolute Gasteiger partial charge is 0.416 e. The Bertz CT molecular complexity index is 1080. The summed E-state index contributed by atoms with van der Waals surface area (Å²) in [5.41, 5.74) is -3.69. The van der Waals surface area contributed by atoms with Gasteiger partial charge in [-0.25, -0.2) is 18.0 Å². The van der Waals surface area contributed by atoms with Crippen LogP contribution in [0.1, 0.15) is 23.5 Å². The van der Waals surface area contributed by atoms with E-state index in [2.05, 4.69) is 4.98 Å². The average Bonchev–Trinajstić information content (AvgIpc) is 3.03. The highest BCUT2D eigenvalue weighted by Gasteiger charge is 2.37. The number of benzene rings is 1. The van der Waals surface area contributed by atoms with Crippen LogP contribution in [0.4, 0.5) is 13.2 Å². The van der Waals surface area contributed by atoms with Crippen LogP contribution < -0.4 is 16.1 Å². The number of alkyl halides is 3. The lowest BCUT2D eigenvalue weighted by Gasteiger charge is -2.18. The van der Waals surface area contributed by atoms with E-state index in [0.29, 0.717) is 19.1 Å². The standard InChI is InChI=1S/C14H14F3N3O5S/c1-26(23,24)19-20-12(21)9-4-8(7-2-3-25-6-7)10(14(15,16)17)5-11(9)18-13(20)22/h4-5,7,19H,2-3,6H2,1H3,(H,18,22). The van der Waals surface area contributed by atoms with Gasteiger partial charge in [0.15, 0.2) is 0 Å². The summed E-state index contributed by atoms with van der Waals surface area (Å²) in [6, 6.07) is 1.73. The van der Waals surface area contributed by atoms with Crippen LogP contribution in [0.3, 0.4) is 0 Å². The first-order valence-electron chi connectivity index (χ1n) is 7.43. The van der Waals surface area contributed by atoms with E-state index < -0.39 is 38.9 Å². The van der Waals surface area contributed by atoms with E-state index in [0.717, 1.165) is 12.3 Å². The molecule has 2 heterocycles. The lowest BCUT2D eigenvalue weighted by atomic mass is 9.92. The number of halogens is 3. The molecule has 0 spiro atoms. The number of sulfonamides is 1. The van der Waals surface area contributed by atoms with Crippen molar-refractivity contribution >= 4 is 20.9 Å². The molecule has 1 fully saturated rings. The Hall–Kier alpha value is -2.34. The van der Waals surface area contributed by atoms with E-state index in [1.165, 1.54) is 0 Å². The van der Waals surface area contributed by atoms with Gasteiger partial charge in [0.25, 0.3) is 5.56 Å². The minimum absolute atomic E-state index is 0.0771. The molecule has 2 N–H and O–H groups in total. The molecular weight excluding hydrogens is 379 g/mol. The molecule has 26 heavy (non-hydrogen) atoms. The van der Waals surface area contributed by atoms with Gasteiger partial charge in [0, 0.05) is 12.5 Å². The topological polar surface area (TPSA) is 110 Å². The fourth-order valence-corrected chi connectivity index (χ4v) is 3.39. The van der Waals surface area contributed by atoms with Crippen LogP contribution in [-0.4, -0.2) is 37.5 Å². The molecule has 1 aliphatic heterocycles. The quantitative estimate of drug-likeness (QED) is 0.798. The highest BCUT2D eigenvalue weighted by atomic mass is 32.2. The number of hydrogen-bond donors (Lipinski definition) is 2. The number of aromatic amines is 1. The fraction of sp³-hybridized carbons (Fsp3) is 0.429. The molecule has 3 rings (SSSR count). The van der Waals surface area contributed by atoms with Crippen LogP contribution in [0.5, 0.6) is 0 Å². The molecule has 2 aromatic rings. The van der Waals surface area contributed by atoms with Crippen LogP contribution in [0.15, 0.2) is 21.7 Å². The Kier molecular flexibility index (Phi) is 4.35. The molecule has 1 aliphatic rings. The first-order chi connectivity index (χ1) is 12.0. The number of aromatic nitrogens is 2. The number of fused-ring (bicyclic) bond motifs is 1. The highest BCUT2D eigenvalue weighted by molar-refractivity contribution is 7.91. The molecule has 12 heteroatoms. The zero-order valence-corrected chi connectivity index (χ0v) is 14.2. The Labute approximate surface area is 144 Å². The first-order valence-corrected chi connectivity index (χ1v) is 9.32. The van der Waals surface area contributed by atoms with Crippen molar-refractivity contribution in [1.29, 1.82) is 0 Å². The van der Waals surface area contributed by atoms with Crippen LogP contribution in [0.2, 0.25) is 0 Å². The number of nitrogens with zero attached hydrogens (tertiary/aromatic N) is 1. The molecular formula is C14H14F3N3O5S. The molecule has 1 unspecified atom stereocenters. The van der Waals surface area contributed by atoms with Crippen molar-refractivity contribution in [3.8, 4) is 0 Å². The monoisotopic (exact) mass is 393 g/mol. The van der Waals surface area contributed by atoms with Crippen molar-refractivity contribution in [1.82, 2.24) is 9.66 Å². The highest BCUT2D eigenvalue weighted by Crippen LogP contribution is 2.39. The van der Waals surface area contributed by atoms with Gasteiger partial charge in [0.05, 0.1) is 29.3 Å². The van der Waals surface area contributed by atoms with Crippen molar-refractivity contribution in [3.05, 3.63) is 44.1 Å². The van der Waals surface area contributed by atoms with Crippen molar-refractivity contribution in [2.45, 2.75) is 18.5 Å². The van der Waals surface area contributed by atoms with Crippen LogP contribution in [-0.2, 0) is 20.9 Å². The summed E-state index contributed by atoms with van der Waals surface area (Å²) < 4.78 is 68.2. The SMILES string of the molecule is CS(=O)(=O)Nn1c(=O)[nH]c2cc(C(F)(F)F)c(C3CCOC3)cc2c1=O. The lowest BCUT2D eigenvalue weighted by Crippen LogP contribution is -2.43. The molecule has 0 amide bonds. The van der Waals surface area contributed by atoms with Crippen LogP contribution in [0, 0.1) is 0 Å². The first kappa shape index (κ1) is 18.5. The van der Waals surface area contributed by atoms with E-state index in [-0.39, 0.29) is 27.7 Å². The lowest BCUT2D eigenvalue weighted by molar-refractivity contribution is -0.138. The van der Waals surface area contributed by atoms with Crippen molar-refractivity contribution < 1.29 is 26.3 Å². The summed E-state index contributed by atoms with van der Waals surface area (Å²) >= 11 is 0. The van der Waals surface area contributed by atoms with E-state index in [9.17, 15) is 31.2 Å². The maximum atomic E-state index is 13.4. The smallest absolute Gasteiger partial charge is 0.381 e. The predicted octanol–water partition coefficient (Wildman–Crippen LogP) is 0.716. The molecule has 0 aliphatic carbocycles. The molecule has 142 valence electrons. The Morgan fingerprint density at radius 1 is 1.31 bits per heavy atom. The van der Waals surface area contributed by atoms with Crippen LogP contribution in [0.25, 0.3) is 10.9 Å². The molecule has 0 radical (unpaired) electrons. The van der Waals surface area contributed by atoms with Gasteiger partial charge in [-0.15, -0.1) is 0 Å². The third kappa shape index (κ3) is 3.46. The van der Waals surface area contributed by atoms with Crippen molar-refractivity contribution in [2.75, 3.05) is 24.3 Å². The molecule has 1 atom stereocenters. The van der Waals surface area contributed by atoms with Crippen molar-refractivity contribution in [3.63, 3.8) is 0 Å². The van der Waals surface area contributed by atoms with E-state index >= 15 is 0 Å². The minimum atomic E-state index is -4.69. The van der Waals surface area contributed by atoms with Crippen molar-refractivity contribution in [2.24, 2.45) is 0 Å². The molecule has 0 saturated carbocycles. The Balaban J connectivity index is 2.32. The van der Waals surface area contributed by atoms with Gasteiger partial charge >= 0.3 is 11.9 Å². The summed E-state index contributed by atoms with van der Waals surface area (Å²) in [6.45, 7) is 0.374. The summed E-state index contributed by atoms with van der Waals surface area (Å²) in [4.78, 5) is 28.2. The summed E-state index contributed by atoms with van der Waals surface area (Å²) in [5, 5.41) is -0.240. The Morgan fingerprint density at radius 2 is 2.00 bits per heavy atom. The number of ether oxygens (including phenoxy) is 1. The maximum Gasteiger partial charge on any atom is 0.416 e. The zero-order valence-electron chi connectivity index (χ0n) is 13.4. The zero-order chi connectivity index (χ0) is 19.3. The van der Waals surface area contributed by atoms with Crippen LogP contribution >= 0.6 is 0 Å². The predicted molar refractivity (Wildman–Crippen MR) is 86.2 cm³/mol. The normalized spacial score (nSPS) is 18.4. The summed E-state index contributed by atoms with van der Waals surface area (Å²) in [6.07, 6.45) is -3.60. The van der Waals surface area contributed by atoms with E-state index in [1.54, 1.807) is 4.83 Å². The Morgan fingerprint density at radius 3 is 2.54 bits per heavy atom. The number of hydrogen-bond acceptors (Lipinski definition) is 5. The van der Waals surface area contributed by atoms with Gasteiger partial charge in [-0.1, -0.05) is 0 Å². The second kappa shape index (κ2) is 6.13. The molecule has 1 aromatic carbocycles. The maximum absolute atomic E-state index is 13.4. The summed E-state index contributed by atoms with van der Waals surface area (Å²) in [5.74, 6) is -0.557. The number of H-pyrrole nitrogens is 1. The fourth-order valence-electron chi connectivity index (χ4n) is 2.89. The number of nitrogens with one attached hydrogen (secondary N) is 2. The second-order valence-electron chi connectivity index (χ2n) is 5.98. The molecule has 0 bridgehead atoms. The van der Waals surface area contributed by atoms with Gasteiger partial charge in [-0.2, -0.15) is 17.8 Å². The third-order valence-corrected chi connectivity index (χ3v) is 4.51. The van der Waals surface area contributed by atoms with Gasteiger partial charge in [0.1, 0.15) is 0 Å². The van der Waals surface area contributed by atoms with E-state index in [4.69, 9.17) is 4.74 Å². The number of rotatable bonds is 3. The van der Waals surface area contributed by atoms with Gasteiger partial charge in [0.2, 0.25) is 10.0 Å². The third-order valence-electron chi connectivity index (χ3n) is 4.00. The minimum Gasteiger partial charge on any atom is -0.381 e. The average molecular weight is 393 g/mol. The second-order valence-corrected chi connectivity index (χ2v) is 7.70. The van der Waals surface area contributed by atoms with Gasteiger partial charge in [-0.3, -0.25) is 4.79 Å². The molecule has 1 aromatic heterocycles. The van der Waals surface area contributed by atoms with Gasteiger partial charge in [-0.05, 0) is 24.1 Å². The molecule has 8 nitrogen and oxygen atoms in total. The summed E-state index contributed by atoms with van der Waals surface area (Å²) in [7, 11) is -3.96. The molecule has 1 saturated heterocycles. The van der Waals surface area contributed by atoms with Gasteiger partial charge < -0.3 is 9.72 Å².